The fourth-order valence-corrected chi connectivity index (χ4v) is 4.53. The lowest BCUT2D eigenvalue weighted by atomic mass is 10.2. The maximum absolute atomic E-state index is 12.2. The van der Waals surface area contributed by atoms with Crippen LogP contribution in [0.25, 0.3) is 9.53 Å². The predicted octanol–water partition coefficient (Wildman–Crippen LogP) is 4.75. The van der Waals surface area contributed by atoms with Crippen molar-refractivity contribution in [3.05, 3.63) is 45.3 Å². The van der Waals surface area contributed by atoms with Crippen LogP contribution >= 0.6 is 34.3 Å². The number of anilines is 1. The summed E-state index contributed by atoms with van der Waals surface area (Å²) in [5.41, 5.74) is 1.29. The first-order chi connectivity index (χ1) is 11.5. The molecule has 5 nitrogen and oxygen atoms in total. The summed E-state index contributed by atoms with van der Waals surface area (Å²) < 4.78 is 5.92. The molecule has 0 aliphatic carbocycles. The smallest absolute Gasteiger partial charge is 0.348 e. The lowest BCUT2D eigenvalue weighted by Gasteiger charge is -2.02. The van der Waals surface area contributed by atoms with Gasteiger partial charge in [0.2, 0.25) is 0 Å². The minimum Gasteiger partial charge on any atom is -0.462 e. The highest BCUT2D eigenvalue weighted by Gasteiger charge is 2.20. The lowest BCUT2D eigenvalue weighted by Crippen LogP contribution is -2.11. The number of aromatic nitrogens is 1. The third kappa shape index (κ3) is 3.28. The number of rotatable bonds is 4. The van der Waals surface area contributed by atoms with E-state index in [0.717, 1.165) is 10.3 Å². The number of nitrogens with one attached hydrogen (secondary N) is 1. The number of thiazole rings is 1. The number of thiophene rings is 1. The van der Waals surface area contributed by atoms with E-state index in [1.807, 2.05) is 6.92 Å². The Morgan fingerprint density at radius 2 is 2.12 bits per heavy atom. The fourth-order valence-electron chi connectivity index (χ4n) is 2.13. The quantitative estimate of drug-likeness (QED) is 0.663. The molecule has 1 aromatic carbocycles. The second-order valence-corrected chi connectivity index (χ2v) is 7.33. The predicted molar refractivity (Wildman–Crippen MR) is 97.6 cm³/mol. The molecule has 3 rings (SSSR count). The topological polar surface area (TPSA) is 68.3 Å². The largest absolute Gasteiger partial charge is 0.462 e. The summed E-state index contributed by atoms with van der Waals surface area (Å²) in [5.74, 6) is -0.614. The van der Waals surface area contributed by atoms with Gasteiger partial charge in [-0.05, 0) is 37.6 Å². The third-order valence-electron chi connectivity index (χ3n) is 3.24. The summed E-state index contributed by atoms with van der Waals surface area (Å²) in [6.07, 6.45) is 0. The van der Waals surface area contributed by atoms with Crippen LogP contribution in [0.3, 0.4) is 0 Å². The van der Waals surface area contributed by atoms with Crippen LogP contribution in [0.1, 0.15) is 32.5 Å². The Hall–Kier alpha value is -1.96. The number of carbonyl (C=O) groups excluding carboxylic acids is 2. The van der Waals surface area contributed by atoms with Crippen molar-refractivity contribution in [1.82, 2.24) is 4.98 Å². The van der Waals surface area contributed by atoms with Crippen molar-refractivity contribution in [2.24, 2.45) is 0 Å². The second-order valence-electron chi connectivity index (χ2n) is 4.89. The number of ether oxygens (including phenoxy) is 1. The molecule has 0 fully saturated rings. The van der Waals surface area contributed by atoms with Crippen LogP contribution in [0.2, 0.25) is 5.02 Å². The van der Waals surface area contributed by atoms with Crippen LogP contribution in [0.4, 0.5) is 5.13 Å². The van der Waals surface area contributed by atoms with Gasteiger partial charge in [0.1, 0.15) is 9.71 Å². The van der Waals surface area contributed by atoms with Gasteiger partial charge < -0.3 is 4.74 Å². The Bertz CT molecular complexity index is 933. The normalized spacial score (nSPS) is 10.8. The molecule has 0 atom stereocenters. The van der Waals surface area contributed by atoms with Crippen molar-refractivity contribution in [2.45, 2.75) is 13.8 Å². The van der Waals surface area contributed by atoms with E-state index in [1.54, 1.807) is 31.2 Å². The number of hydrogen-bond donors (Lipinski definition) is 1. The summed E-state index contributed by atoms with van der Waals surface area (Å²) in [6, 6.07) is 6.70. The number of amides is 1. The standard InChI is InChI=1S/C16H13ClN2O3S2/c1-3-22-15(21)12-8(2)11-14(23-12)19-16(24-11)18-13(20)9-5-4-6-10(17)7-9/h4-7H,3H2,1-2H3,(H,18,19,20). The van der Waals surface area contributed by atoms with Gasteiger partial charge in [-0.25, -0.2) is 9.78 Å². The highest BCUT2D eigenvalue weighted by Crippen LogP contribution is 2.37. The van der Waals surface area contributed by atoms with E-state index in [0.29, 0.717) is 32.0 Å². The Kier molecular flexibility index (Phi) is 4.84. The van der Waals surface area contributed by atoms with Gasteiger partial charge in [-0.3, -0.25) is 10.1 Å². The third-order valence-corrected chi connectivity index (χ3v) is 5.86. The molecule has 0 unspecified atom stereocenters. The van der Waals surface area contributed by atoms with Gasteiger partial charge in [0, 0.05) is 10.6 Å². The Balaban J connectivity index is 1.84. The first-order valence-corrected chi connectivity index (χ1v) is 9.14. The van der Waals surface area contributed by atoms with Gasteiger partial charge >= 0.3 is 5.97 Å². The molecule has 0 spiro atoms. The van der Waals surface area contributed by atoms with Crippen molar-refractivity contribution in [3.63, 3.8) is 0 Å². The molecule has 24 heavy (non-hydrogen) atoms. The Morgan fingerprint density at radius 1 is 1.33 bits per heavy atom. The molecule has 3 aromatic rings. The molecular formula is C16H13ClN2O3S2. The molecule has 1 N–H and O–H groups in total. The van der Waals surface area contributed by atoms with Gasteiger partial charge in [0.15, 0.2) is 5.13 Å². The first kappa shape index (κ1) is 16.9. The molecule has 0 aliphatic heterocycles. The fraction of sp³-hybridized carbons (Fsp3) is 0.188. The number of esters is 1. The Labute approximate surface area is 151 Å². The van der Waals surface area contributed by atoms with E-state index in [-0.39, 0.29) is 11.9 Å². The molecule has 0 aliphatic rings. The van der Waals surface area contributed by atoms with Gasteiger partial charge in [-0.1, -0.05) is 29.0 Å². The van der Waals surface area contributed by atoms with Crippen LogP contribution in [-0.4, -0.2) is 23.5 Å². The molecule has 124 valence electrons. The summed E-state index contributed by atoms with van der Waals surface area (Å²) in [7, 11) is 0. The number of fused-ring (bicyclic) bond motifs is 1. The van der Waals surface area contributed by atoms with Gasteiger partial charge in [0.05, 0.1) is 11.3 Å². The Morgan fingerprint density at radius 3 is 2.79 bits per heavy atom. The van der Waals surface area contributed by atoms with Crippen molar-refractivity contribution < 1.29 is 14.3 Å². The van der Waals surface area contributed by atoms with E-state index in [2.05, 4.69) is 10.3 Å². The van der Waals surface area contributed by atoms with Crippen molar-refractivity contribution >= 4 is 60.8 Å². The van der Waals surface area contributed by atoms with Crippen molar-refractivity contribution in [3.8, 4) is 0 Å². The van der Waals surface area contributed by atoms with E-state index in [1.165, 1.54) is 22.7 Å². The average molecular weight is 381 g/mol. The molecule has 1 amide bonds. The SMILES string of the molecule is CCOC(=O)c1sc2nc(NC(=O)c3cccc(Cl)c3)sc2c1C. The van der Waals surface area contributed by atoms with E-state index in [4.69, 9.17) is 16.3 Å². The zero-order chi connectivity index (χ0) is 17.3. The molecule has 8 heteroatoms. The summed E-state index contributed by atoms with van der Waals surface area (Å²) in [4.78, 5) is 29.8. The first-order valence-electron chi connectivity index (χ1n) is 7.13. The average Bonchev–Trinajstić information content (AvgIpc) is 3.07. The molecule has 0 bridgehead atoms. The summed E-state index contributed by atoms with van der Waals surface area (Å²) in [5, 5.41) is 3.75. The van der Waals surface area contributed by atoms with Crippen LogP contribution < -0.4 is 5.32 Å². The van der Waals surface area contributed by atoms with E-state index >= 15 is 0 Å². The van der Waals surface area contributed by atoms with Gasteiger partial charge in [0.25, 0.3) is 5.91 Å². The molecule has 0 radical (unpaired) electrons. The zero-order valence-electron chi connectivity index (χ0n) is 12.9. The summed E-state index contributed by atoms with van der Waals surface area (Å²) >= 11 is 8.50. The molecule has 2 aromatic heterocycles. The van der Waals surface area contributed by atoms with Gasteiger partial charge in [-0.2, -0.15) is 0 Å². The van der Waals surface area contributed by atoms with Gasteiger partial charge in [-0.15, -0.1) is 11.3 Å². The summed E-state index contributed by atoms with van der Waals surface area (Å²) in [6.45, 7) is 3.95. The highest BCUT2D eigenvalue weighted by molar-refractivity contribution is 7.30. The number of halogens is 1. The van der Waals surface area contributed by atoms with Crippen molar-refractivity contribution in [1.29, 1.82) is 0 Å². The van der Waals surface area contributed by atoms with Crippen LogP contribution in [0.5, 0.6) is 0 Å². The molecule has 2 heterocycles. The zero-order valence-corrected chi connectivity index (χ0v) is 15.3. The number of benzene rings is 1. The number of carbonyl (C=O) groups is 2. The van der Waals surface area contributed by atoms with Crippen LogP contribution in [0.15, 0.2) is 24.3 Å². The number of nitrogens with zero attached hydrogens (tertiary/aromatic N) is 1. The molecule has 0 saturated heterocycles. The molecular weight excluding hydrogens is 368 g/mol. The molecule has 0 saturated carbocycles. The van der Waals surface area contributed by atoms with E-state index in [9.17, 15) is 9.59 Å². The van der Waals surface area contributed by atoms with Crippen LogP contribution in [0, 0.1) is 6.92 Å². The second kappa shape index (κ2) is 6.88. The highest BCUT2D eigenvalue weighted by atomic mass is 35.5. The maximum Gasteiger partial charge on any atom is 0.348 e. The monoisotopic (exact) mass is 380 g/mol. The van der Waals surface area contributed by atoms with E-state index < -0.39 is 0 Å². The minimum atomic E-state index is -0.338. The maximum atomic E-state index is 12.2. The lowest BCUT2D eigenvalue weighted by molar-refractivity contribution is 0.0531. The minimum absolute atomic E-state index is 0.276. The number of aryl methyl sites for hydroxylation is 1. The number of hydrogen-bond acceptors (Lipinski definition) is 6. The van der Waals surface area contributed by atoms with Crippen molar-refractivity contribution in [2.75, 3.05) is 11.9 Å². The van der Waals surface area contributed by atoms with Crippen LogP contribution in [-0.2, 0) is 4.74 Å².